The Bertz CT molecular complexity index is 462. The lowest BCUT2D eigenvalue weighted by Crippen LogP contribution is -2.45. The van der Waals surface area contributed by atoms with Crippen LogP contribution in [-0.4, -0.2) is 43.6 Å². The van der Waals surface area contributed by atoms with Gasteiger partial charge in [0.15, 0.2) is 0 Å². The second kappa shape index (κ2) is 6.02. The van der Waals surface area contributed by atoms with Crippen LogP contribution in [0.4, 0.5) is 0 Å². The van der Waals surface area contributed by atoms with Crippen LogP contribution in [0, 0.1) is 11.8 Å². The lowest BCUT2D eigenvalue weighted by Gasteiger charge is -2.32. The van der Waals surface area contributed by atoms with E-state index in [2.05, 4.69) is 4.74 Å². The molecular weight excluding hydrogens is 278 g/mol. The molecule has 2 fully saturated rings. The summed E-state index contributed by atoms with van der Waals surface area (Å²) in [5, 5.41) is 0. The molecule has 1 heterocycles. The molecule has 1 saturated carbocycles. The molecule has 1 saturated heterocycles. The van der Waals surface area contributed by atoms with Gasteiger partial charge in [0.2, 0.25) is 10.0 Å². The normalized spacial score (nSPS) is 32.6. The van der Waals surface area contributed by atoms with Crippen molar-refractivity contribution in [2.45, 2.75) is 58.0 Å². The van der Waals surface area contributed by atoms with Crippen LogP contribution < -0.4 is 0 Å². The molecule has 0 N–H and O–H groups in total. The van der Waals surface area contributed by atoms with E-state index in [0.29, 0.717) is 5.92 Å². The first-order valence-electron chi connectivity index (χ1n) is 7.46. The maximum absolute atomic E-state index is 12.6. The van der Waals surface area contributed by atoms with E-state index in [1.807, 2.05) is 6.92 Å². The van der Waals surface area contributed by atoms with Gasteiger partial charge in [-0.15, -0.1) is 0 Å². The number of fused-ring (bicyclic) bond motifs is 1. The van der Waals surface area contributed by atoms with E-state index in [1.54, 1.807) is 11.2 Å². The van der Waals surface area contributed by atoms with Gasteiger partial charge in [-0.1, -0.05) is 19.8 Å². The molecule has 6 heteroatoms. The molecule has 4 atom stereocenters. The Kier molecular flexibility index (Phi) is 4.74. The number of nitrogens with zero attached hydrogens (tertiary/aromatic N) is 1. The zero-order valence-corrected chi connectivity index (χ0v) is 13.4. The van der Waals surface area contributed by atoms with E-state index < -0.39 is 21.9 Å². The lowest BCUT2D eigenvalue weighted by molar-refractivity contribution is -0.144. The quantitative estimate of drug-likeness (QED) is 0.743. The molecule has 116 valence electrons. The van der Waals surface area contributed by atoms with E-state index in [-0.39, 0.29) is 17.8 Å². The van der Waals surface area contributed by atoms with Crippen molar-refractivity contribution in [1.82, 2.24) is 4.31 Å². The van der Waals surface area contributed by atoms with E-state index in [9.17, 15) is 13.2 Å². The van der Waals surface area contributed by atoms with E-state index >= 15 is 0 Å². The predicted molar refractivity (Wildman–Crippen MR) is 76.6 cm³/mol. The number of carbonyl (C=O) groups is 1. The SMILES string of the molecule is COC(=O)C(C)CS(=O)(=O)N1C(C)CC2CCCCC21. The fourth-order valence-electron chi connectivity index (χ4n) is 3.82. The highest BCUT2D eigenvalue weighted by Crippen LogP contribution is 2.41. The zero-order chi connectivity index (χ0) is 14.9. The van der Waals surface area contributed by atoms with Crippen LogP contribution in [-0.2, 0) is 19.6 Å². The summed E-state index contributed by atoms with van der Waals surface area (Å²) in [6, 6.07) is 0.201. The Labute approximate surface area is 121 Å². The highest BCUT2D eigenvalue weighted by atomic mass is 32.2. The summed E-state index contributed by atoms with van der Waals surface area (Å²) >= 11 is 0. The van der Waals surface area contributed by atoms with Crippen LogP contribution in [0.5, 0.6) is 0 Å². The topological polar surface area (TPSA) is 63.7 Å². The third-order valence-electron chi connectivity index (χ3n) is 4.66. The summed E-state index contributed by atoms with van der Waals surface area (Å²) in [7, 11) is -2.11. The average Bonchev–Trinajstić information content (AvgIpc) is 2.73. The molecule has 1 aliphatic heterocycles. The van der Waals surface area contributed by atoms with Gasteiger partial charge in [0.05, 0.1) is 18.8 Å². The minimum atomic E-state index is -3.40. The molecule has 4 unspecified atom stereocenters. The number of hydrogen-bond donors (Lipinski definition) is 0. The smallest absolute Gasteiger partial charge is 0.309 e. The molecule has 0 amide bonds. The average molecular weight is 303 g/mol. The van der Waals surface area contributed by atoms with Crippen molar-refractivity contribution in [2.75, 3.05) is 12.9 Å². The van der Waals surface area contributed by atoms with E-state index in [0.717, 1.165) is 25.7 Å². The maximum Gasteiger partial charge on any atom is 0.309 e. The number of methoxy groups -OCH3 is 1. The Morgan fingerprint density at radius 2 is 2.00 bits per heavy atom. The van der Waals surface area contributed by atoms with E-state index in [1.165, 1.54) is 13.5 Å². The zero-order valence-electron chi connectivity index (χ0n) is 12.5. The molecule has 0 spiro atoms. The molecule has 20 heavy (non-hydrogen) atoms. The first-order valence-corrected chi connectivity index (χ1v) is 9.06. The molecule has 2 aliphatic rings. The van der Waals surface area contributed by atoms with Gasteiger partial charge in [-0.2, -0.15) is 4.31 Å². The second-order valence-electron chi connectivity index (χ2n) is 6.23. The number of sulfonamides is 1. The fourth-order valence-corrected chi connectivity index (χ4v) is 6.08. The van der Waals surface area contributed by atoms with Gasteiger partial charge in [-0.3, -0.25) is 4.79 Å². The molecule has 0 aromatic carbocycles. The van der Waals surface area contributed by atoms with Gasteiger partial charge < -0.3 is 4.74 Å². The third kappa shape index (κ3) is 3.01. The summed E-state index contributed by atoms with van der Waals surface area (Å²) in [6.45, 7) is 3.60. The summed E-state index contributed by atoms with van der Waals surface area (Å²) < 4.78 is 31.6. The molecule has 0 bridgehead atoms. The monoisotopic (exact) mass is 303 g/mol. The Balaban J connectivity index is 2.13. The molecule has 2 rings (SSSR count). The van der Waals surface area contributed by atoms with Crippen molar-refractivity contribution in [2.24, 2.45) is 11.8 Å². The first-order chi connectivity index (χ1) is 9.36. The van der Waals surface area contributed by atoms with Crippen LogP contribution >= 0.6 is 0 Å². The van der Waals surface area contributed by atoms with Gasteiger partial charge in [0.25, 0.3) is 0 Å². The summed E-state index contributed by atoms with van der Waals surface area (Å²) in [5.74, 6) is -0.713. The second-order valence-corrected chi connectivity index (χ2v) is 8.15. The van der Waals surface area contributed by atoms with Crippen LogP contribution in [0.1, 0.15) is 46.0 Å². The molecule has 0 radical (unpaired) electrons. The molecule has 1 aliphatic carbocycles. The summed E-state index contributed by atoms with van der Waals surface area (Å²) in [4.78, 5) is 11.5. The maximum atomic E-state index is 12.6. The van der Waals surface area contributed by atoms with Crippen LogP contribution in [0.15, 0.2) is 0 Å². The van der Waals surface area contributed by atoms with Crippen LogP contribution in [0.3, 0.4) is 0 Å². The minimum Gasteiger partial charge on any atom is -0.469 e. The Hall–Kier alpha value is -0.620. The Morgan fingerprint density at radius 3 is 2.65 bits per heavy atom. The number of hydrogen-bond acceptors (Lipinski definition) is 4. The highest BCUT2D eigenvalue weighted by molar-refractivity contribution is 7.89. The number of rotatable bonds is 4. The Morgan fingerprint density at radius 1 is 1.35 bits per heavy atom. The van der Waals surface area contributed by atoms with Crippen molar-refractivity contribution in [3.8, 4) is 0 Å². The van der Waals surface area contributed by atoms with Crippen LogP contribution in [0.25, 0.3) is 0 Å². The third-order valence-corrected chi connectivity index (χ3v) is 6.85. The van der Waals surface area contributed by atoms with Gasteiger partial charge in [0.1, 0.15) is 0 Å². The molecule has 0 aromatic rings. The van der Waals surface area contributed by atoms with Gasteiger partial charge in [-0.05, 0) is 32.1 Å². The minimum absolute atomic E-state index is 0.0537. The van der Waals surface area contributed by atoms with Crippen molar-refractivity contribution >= 4 is 16.0 Å². The molecule has 5 nitrogen and oxygen atoms in total. The molecule has 0 aromatic heterocycles. The number of ether oxygens (including phenoxy) is 1. The number of carbonyl (C=O) groups excluding carboxylic acids is 1. The van der Waals surface area contributed by atoms with Gasteiger partial charge in [-0.25, -0.2) is 8.42 Å². The lowest BCUT2D eigenvalue weighted by atomic mass is 9.85. The molecular formula is C14H25NO4S. The van der Waals surface area contributed by atoms with Crippen molar-refractivity contribution in [1.29, 1.82) is 0 Å². The standard InChI is InChI=1S/C14H25NO4S/c1-10(14(16)19-3)9-20(17,18)15-11(2)8-12-6-4-5-7-13(12)15/h10-13H,4-9H2,1-3H3. The largest absolute Gasteiger partial charge is 0.469 e. The highest BCUT2D eigenvalue weighted by Gasteiger charge is 2.46. The van der Waals surface area contributed by atoms with Crippen molar-refractivity contribution < 1.29 is 17.9 Å². The first kappa shape index (κ1) is 15.8. The fraction of sp³-hybridized carbons (Fsp3) is 0.929. The van der Waals surface area contributed by atoms with Gasteiger partial charge >= 0.3 is 5.97 Å². The van der Waals surface area contributed by atoms with Crippen molar-refractivity contribution in [3.63, 3.8) is 0 Å². The number of esters is 1. The summed E-state index contributed by atoms with van der Waals surface area (Å²) in [6.07, 6.45) is 5.36. The van der Waals surface area contributed by atoms with Crippen LogP contribution in [0.2, 0.25) is 0 Å². The van der Waals surface area contributed by atoms with Gasteiger partial charge in [0, 0.05) is 12.1 Å². The predicted octanol–water partition coefficient (Wildman–Crippen LogP) is 1.78. The van der Waals surface area contributed by atoms with E-state index in [4.69, 9.17) is 0 Å². The van der Waals surface area contributed by atoms with Crippen molar-refractivity contribution in [3.05, 3.63) is 0 Å². The summed E-state index contributed by atoms with van der Waals surface area (Å²) in [5.41, 5.74) is 0.